The summed E-state index contributed by atoms with van der Waals surface area (Å²) < 4.78 is 0. The molecular formula is C12H6N4O4S. The minimum absolute atomic E-state index is 0.0709. The quantitative estimate of drug-likeness (QED) is 0.671. The highest BCUT2D eigenvalue weighted by molar-refractivity contribution is 7.99. The minimum atomic E-state index is -1.19. The molecule has 0 radical (unpaired) electrons. The van der Waals surface area contributed by atoms with Crippen molar-refractivity contribution in [3.63, 3.8) is 0 Å². The third kappa shape index (κ3) is 3.31. The third-order valence-electron chi connectivity index (χ3n) is 2.32. The molecule has 2 aromatic rings. The van der Waals surface area contributed by atoms with Gasteiger partial charge in [0.1, 0.15) is 11.8 Å². The fourth-order valence-corrected chi connectivity index (χ4v) is 2.28. The van der Waals surface area contributed by atoms with E-state index in [9.17, 15) is 14.9 Å². The lowest BCUT2D eigenvalue weighted by Crippen LogP contribution is -1.99. The van der Waals surface area contributed by atoms with Gasteiger partial charge in [-0.1, -0.05) is 11.8 Å². The van der Waals surface area contributed by atoms with Crippen LogP contribution in [0, 0.1) is 21.4 Å². The van der Waals surface area contributed by atoms with E-state index in [2.05, 4.69) is 9.97 Å². The Hall–Kier alpha value is -2.99. The second kappa shape index (κ2) is 5.98. The number of aromatic nitrogens is 2. The molecule has 0 unspecified atom stereocenters. The summed E-state index contributed by atoms with van der Waals surface area (Å²) in [5, 5.41) is 28.6. The van der Waals surface area contributed by atoms with Gasteiger partial charge >= 0.3 is 11.7 Å². The topological polar surface area (TPSA) is 130 Å². The molecule has 2 rings (SSSR count). The number of hydrogen-bond donors (Lipinski definition) is 1. The van der Waals surface area contributed by atoms with E-state index in [4.69, 9.17) is 10.4 Å². The van der Waals surface area contributed by atoms with Crippen molar-refractivity contribution in [2.45, 2.75) is 9.92 Å². The lowest BCUT2D eigenvalue weighted by molar-refractivity contribution is -0.388. The maximum atomic E-state index is 11.0. The zero-order valence-electron chi connectivity index (χ0n) is 10.3. The van der Waals surface area contributed by atoms with Crippen molar-refractivity contribution in [3.05, 3.63) is 52.0 Å². The van der Waals surface area contributed by atoms with E-state index in [-0.39, 0.29) is 22.0 Å². The first-order chi connectivity index (χ1) is 10.0. The van der Waals surface area contributed by atoms with Gasteiger partial charge in [0.15, 0.2) is 5.03 Å². The number of carboxylic acid groups (broad SMARTS) is 1. The predicted molar refractivity (Wildman–Crippen MR) is 70.9 cm³/mol. The average molecular weight is 302 g/mol. The van der Waals surface area contributed by atoms with Crippen molar-refractivity contribution in [3.8, 4) is 6.07 Å². The normalized spacial score (nSPS) is 9.86. The van der Waals surface area contributed by atoms with Crippen LogP contribution in [0.25, 0.3) is 0 Å². The molecule has 0 spiro atoms. The van der Waals surface area contributed by atoms with Gasteiger partial charge in [0.25, 0.3) is 0 Å². The van der Waals surface area contributed by atoms with Crippen LogP contribution in [-0.2, 0) is 0 Å². The smallest absolute Gasteiger partial charge is 0.354 e. The third-order valence-corrected chi connectivity index (χ3v) is 3.32. The van der Waals surface area contributed by atoms with E-state index in [1.807, 2.05) is 0 Å². The Morgan fingerprint density at radius 1 is 1.43 bits per heavy atom. The molecule has 1 N–H and O–H groups in total. The summed E-state index contributed by atoms with van der Waals surface area (Å²) in [6.07, 6.45) is 2.51. The Morgan fingerprint density at radius 2 is 2.19 bits per heavy atom. The van der Waals surface area contributed by atoms with Crippen LogP contribution in [0.3, 0.4) is 0 Å². The number of hydrogen-bond acceptors (Lipinski definition) is 7. The molecule has 9 heteroatoms. The van der Waals surface area contributed by atoms with Crippen LogP contribution < -0.4 is 0 Å². The van der Waals surface area contributed by atoms with E-state index in [0.717, 1.165) is 17.8 Å². The Labute approximate surface area is 122 Å². The minimum Gasteiger partial charge on any atom is -0.477 e. The van der Waals surface area contributed by atoms with Crippen molar-refractivity contribution >= 4 is 23.4 Å². The molecule has 0 saturated heterocycles. The first-order valence-electron chi connectivity index (χ1n) is 5.43. The molecule has 0 aromatic carbocycles. The van der Waals surface area contributed by atoms with Crippen molar-refractivity contribution in [2.24, 2.45) is 0 Å². The molecule has 0 bridgehead atoms. The number of carboxylic acids is 1. The van der Waals surface area contributed by atoms with Crippen molar-refractivity contribution in [2.75, 3.05) is 0 Å². The molecule has 0 saturated carbocycles. The zero-order valence-corrected chi connectivity index (χ0v) is 11.1. The van der Waals surface area contributed by atoms with E-state index in [1.165, 1.54) is 24.5 Å². The largest absolute Gasteiger partial charge is 0.477 e. The Morgan fingerprint density at radius 3 is 2.81 bits per heavy atom. The summed E-state index contributed by atoms with van der Waals surface area (Å²) in [5.74, 6) is -1.19. The maximum Gasteiger partial charge on any atom is 0.354 e. The molecule has 0 atom stereocenters. The van der Waals surface area contributed by atoms with Crippen LogP contribution >= 0.6 is 11.8 Å². The highest BCUT2D eigenvalue weighted by Crippen LogP contribution is 2.33. The first kappa shape index (κ1) is 14.4. The second-order valence-electron chi connectivity index (χ2n) is 3.70. The summed E-state index contributed by atoms with van der Waals surface area (Å²) in [6.45, 7) is 0. The van der Waals surface area contributed by atoms with Gasteiger partial charge in [-0.05, 0) is 12.1 Å². The Kier molecular flexibility index (Phi) is 4.10. The van der Waals surface area contributed by atoms with Gasteiger partial charge in [-0.15, -0.1) is 0 Å². The Bertz CT molecular complexity index is 772. The monoisotopic (exact) mass is 302 g/mol. The molecule has 0 amide bonds. The first-order valence-corrected chi connectivity index (χ1v) is 6.24. The number of pyridine rings is 2. The van der Waals surface area contributed by atoms with Gasteiger partial charge in [0.05, 0.1) is 10.5 Å². The Balaban J connectivity index is 2.40. The van der Waals surface area contributed by atoms with E-state index in [1.54, 1.807) is 6.07 Å². The molecule has 104 valence electrons. The second-order valence-corrected chi connectivity index (χ2v) is 4.76. The number of nitrogens with zero attached hydrogens (tertiary/aromatic N) is 4. The number of nitro groups is 1. The highest BCUT2D eigenvalue weighted by atomic mass is 32.2. The molecule has 8 nitrogen and oxygen atoms in total. The van der Waals surface area contributed by atoms with Gasteiger partial charge in [-0.2, -0.15) is 5.26 Å². The number of carbonyl (C=O) groups is 1. The highest BCUT2D eigenvalue weighted by Gasteiger charge is 2.18. The molecule has 2 aromatic heterocycles. The SMILES string of the molecule is N#Cc1cnc(Sc2ccnc(C(=O)O)c2)c([N+](=O)[O-])c1. The van der Waals surface area contributed by atoms with Crippen LogP contribution in [0.2, 0.25) is 0 Å². The summed E-state index contributed by atoms with van der Waals surface area (Å²) in [5.41, 5.74) is -0.406. The van der Waals surface area contributed by atoms with E-state index < -0.39 is 10.9 Å². The van der Waals surface area contributed by atoms with Crippen LogP contribution in [0.1, 0.15) is 16.1 Å². The van der Waals surface area contributed by atoms with Gasteiger partial charge in [0, 0.05) is 23.4 Å². The molecule has 0 fully saturated rings. The van der Waals surface area contributed by atoms with Crippen LogP contribution in [0.4, 0.5) is 5.69 Å². The summed E-state index contributed by atoms with van der Waals surface area (Å²) >= 11 is 0.928. The van der Waals surface area contributed by atoms with Crippen LogP contribution in [0.5, 0.6) is 0 Å². The summed E-state index contributed by atoms with van der Waals surface area (Å²) in [4.78, 5) is 29.2. The molecule has 0 aliphatic carbocycles. The van der Waals surface area contributed by atoms with Gasteiger partial charge in [-0.25, -0.2) is 14.8 Å². The van der Waals surface area contributed by atoms with Crippen LogP contribution in [-0.4, -0.2) is 26.0 Å². The average Bonchev–Trinajstić information content (AvgIpc) is 2.47. The molecule has 21 heavy (non-hydrogen) atoms. The van der Waals surface area contributed by atoms with Gasteiger partial charge in [-0.3, -0.25) is 10.1 Å². The van der Waals surface area contributed by atoms with E-state index >= 15 is 0 Å². The lowest BCUT2D eigenvalue weighted by Gasteiger charge is -2.03. The lowest BCUT2D eigenvalue weighted by atomic mass is 10.3. The van der Waals surface area contributed by atoms with Gasteiger partial charge in [0.2, 0.25) is 0 Å². The van der Waals surface area contributed by atoms with E-state index in [0.29, 0.717) is 4.90 Å². The van der Waals surface area contributed by atoms with Gasteiger partial charge < -0.3 is 5.11 Å². The fraction of sp³-hybridized carbons (Fsp3) is 0. The van der Waals surface area contributed by atoms with Crippen molar-refractivity contribution in [1.82, 2.24) is 9.97 Å². The van der Waals surface area contributed by atoms with Crippen molar-refractivity contribution < 1.29 is 14.8 Å². The summed E-state index contributed by atoms with van der Waals surface area (Å²) in [7, 11) is 0. The number of aromatic carboxylic acids is 1. The van der Waals surface area contributed by atoms with Crippen LogP contribution in [0.15, 0.2) is 40.5 Å². The maximum absolute atomic E-state index is 11.0. The predicted octanol–water partition coefficient (Wildman–Crippen LogP) is 2.11. The molecular weight excluding hydrogens is 296 g/mol. The summed E-state index contributed by atoms with van der Waals surface area (Å²) in [6, 6.07) is 5.70. The molecule has 0 aliphatic rings. The van der Waals surface area contributed by atoms with Crippen molar-refractivity contribution in [1.29, 1.82) is 5.26 Å². The number of nitriles is 1. The molecule has 0 aliphatic heterocycles. The zero-order chi connectivity index (χ0) is 15.4. The fourth-order valence-electron chi connectivity index (χ4n) is 1.41. The number of rotatable bonds is 4. The standard InChI is InChI=1S/C12H6N4O4S/c13-5-7-3-10(16(19)20)11(15-6-7)21-8-1-2-14-9(4-8)12(17)18/h1-4,6H,(H,17,18). The molecule has 2 heterocycles.